The highest BCUT2D eigenvalue weighted by Crippen LogP contribution is 2.59. The predicted octanol–water partition coefficient (Wildman–Crippen LogP) is 7.73. The van der Waals surface area contributed by atoms with Gasteiger partial charge in [0.1, 0.15) is 23.7 Å². The largest absolute Gasteiger partial charge is 0.453 e. The van der Waals surface area contributed by atoms with E-state index in [2.05, 4.69) is 25.6 Å². The number of piperidine rings is 1. The highest BCUT2D eigenvalue weighted by atomic mass is 19.3. The fourth-order valence-corrected chi connectivity index (χ4v) is 10.6. The number of methoxy groups -OCH3 is 2. The zero-order valence-electron chi connectivity index (χ0n) is 34.9. The Balaban J connectivity index is 0.893. The van der Waals surface area contributed by atoms with E-state index in [0.29, 0.717) is 58.1 Å². The number of imidazole rings is 2. The highest BCUT2D eigenvalue weighted by molar-refractivity contribution is 5.89. The smallest absolute Gasteiger partial charge is 0.407 e. The number of benzene rings is 3. The molecule has 5 aliphatic rings. The van der Waals surface area contributed by atoms with E-state index in [1.54, 1.807) is 36.2 Å². The van der Waals surface area contributed by atoms with Crippen LogP contribution in [-0.4, -0.2) is 92.6 Å². The first-order valence-corrected chi connectivity index (χ1v) is 21.4. The Labute approximate surface area is 356 Å². The average Bonchev–Trinajstić information content (AvgIpc) is 3.93. The van der Waals surface area contributed by atoms with Crippen LogP contribution in [0.4, 0.5) is 18.4 Å². The maximum absolute atomic E-state index is 16.6. The van der Waals surface area contributed by atoms with E-state index in [-0.39, 0.29) is 52.4 Å². The summed E-state index contributed by atoms with van der Waals surface area (Å²) in [6.45, 7) is 4.04. The van der Waals surface area contributed by atoms with Gasteiger partial charge in [0.25, 0.3) is 5.92 Å². The summed E-state index contributed by atoms with van der Waals surface area (Å²) in [7, 11) is 2.52. The minimum atomic E-state index is -3.28. The third-order valence-corrected chi connectivity index (χ3v) is 14.0. The van der Waals surface area contributed by atoms with Crippen LogP contribution in [0, 0.1) is 11.3 Å². The summed E-state index contributed by atoms with van der Waals surface area (Å²) in [6, 6.07) is 13.8. The van der Waals surface area contributed by atoms with Crippen LogP contribution in [0.25, 0.3) is 44.5 Å². The van der Waals surface area contributed by atoms with Gasteiger partial charge in [0.15, 0.2) is 0 Å². The number of ether oxygens (including phenoxy) is 2. The Morgan fingerprint density at radius 3 is 2.26 bits per heavy atom. The van der Waals surface area contributed by atoms with Gasteiger partial charge in [0, 0.05) is 29.3 Å². The van der Waals surface area contributed by atoms with E-state index >= 15 is 8.78 Å². The second-order valence-electron chi connectivity index (χ2n) is 17.7. The summed E-state index contributed by atoms with van der Waals surface area (Å²) in [5.41, 5.74) is 4.69. The molecule has 3 aromatic carbocycles. The topological polar surface area (TPSA) is 175 Å². The van der Waals surface area contributed by atoms with Crippen LogP contribution in [0.1, 0.15) is 93.7 Å². The zero-order valence-corrected chi connectivity index (χ0v) is 34.9. The molecular weight excluding hydrogens is 799 g/mol. The molecule has 4 N–H and O–H groups in total. The first-order valence-electron chi connectivity index (χ1n) is 21.4. The first kappa shape index (κ1) is 39.8. The molecule has 2 saturated carbocycles. The summed E-state index contributed by atoms with van der Waals surface area (Å²) in [4.78, 5) is 71.3. The number of nitrogens with one attached hydrogen (secondary N) is 4. The molecule has 14 nitrogen and oxygen atoms in total. The number of rotatable bonds is 9. The summed E-state index contributed by atoms with van der Waals surface area (Å²) in [5.74, 6) is -2.20. The maximum Gasteiger partial charge on any atom is 0.407 e. The Kier molecular flexibility index (Phi) is 9.41. The van der Waals surface area contributed by atoms with Crippen LogP contribution in [0.3, 0.4) is 0 Å². The van der Waals surface area contributed by atoms with E-state index in [1.807, 2.05) is 42.2 Å². The van der Waals surface area contributed by atoms with Crippen LogP contribution in [0.2, 0.25) is 0 Å². The van der Waals surface area contributed by atoms with Crippen molar-refractivity contribution in [1.29, 1.82) is 0 Å². The second kappa shape index (κ2) is 14.7. The van der Waals surface area contributed by atoms with Crippen LogP contribution in [-0.2, 0) is 25.0 Å². The quantitative estimate of drug-likeness (QED) is 0.117. The van der Waals surface area contributed by atoms with Gasteiger partial charge in [-0.2, -0.15) is 8.78 Å². The van der Waals surface area contributed by atoms with Crippen molar-refractivity contribution in [3.63, 3.8) is 0 Å². The monoisotopic (exact) mass is 846 g/mol. The van der Waals surface area contributed by atoms with Gasteiger partial charge in [0.05, 0.1) is 49.2 Å². The molecule has 322 valence electrons. The number of amides is 4. The molecule has 10 rings (SSSR count). The van der Waals surface area contributed by atoms with Crippen molar-refractivity contribution >= 4 is 35.0 Å². The van der Waals surface area contributed by atoms with Crippen LogP contribution in [0.5, 0.6) is 0 Å². The van der Waals surface area contributed by atoms with Crippen LogP contribution >= 0.6 is 0 Å². The molecule has 16 heteroatoms. The Morgan fingerprint density at radius 1 is 0.871 bits per heavy atom. The lowest BCUT2D eigenvalue weighted by atomic mass is 9.97. The molecule has 6 atom stereocenters. The summed E-state index contributed by atoms with van der Waals surface area (Å²) in [6.07, 6.45) is 6.15. The van der Waals surface area contributed by atoms with Gasteiger partial charge in [-0.1, -0.05) is 37.3 Å². The van der Waals surface area contributed by atoms with E-state index in [1.165, 1.54) is 20.3 Å². The minimum Gasteiger partial charge on any atom is -0.453 e. The number of fused-ring (bicyclic) bond motifs is 6. The summed E-state index contributed by atoms with van der Waals surface area (Å²) in [5, 5.41) is 5.24. The fraction of sp³-hybridized carbons (Fsp3) is 0.435. The van der Waals surface area contributed by atoms with E-state index in [0.717, 1.165) is 49.6 Å². The van der Waals surface area contributed by atoms with E-state index < -0.39 is 30.2 Å². The van der Waals surface area contributed by atoms with Gasteiger partial charge < -0.3 is 39.9 Å². The number of halogens is 2. The van der Waals surface area contributed by atoms with Crippen molar-refractivity contribution in [1.82, 2.24) is 40.4 Å². The molecule has 62 heavy (non-hydrogen) atoms. The second-order valence-corrected chi connectivity index (χ2v) is 17.7. The Bertz CT molecular complexity index is 2660. The van der Waals surface area contributed by atoms with Gasteiger partial charge in [-0.3, -0.25) is 9.59 Å². The van der Waals surface area contributed by atoms with Crippen molar-refractivity contribution in [2.24, 2.45) is 11.3 Å². The lowest BCUT2D eigenvalue weighted by Gasteiger charge is -2.35. The third-order valence-electron chi connectivity index (χ3n) is 14.0. The van der Waals surface area contributed by atoms with Gasteiger partial charge >= 0.3 is 12.2 Å². The van der Waals surface area contributed by atoms with E-state index in [9.17, 15) is 19.2 Å². The number of alkyl carbamates (subject to hydrolysis) is 2. The molecule has 2 aliphatic heterocycles. The molecule has 3 aliphatic carbocycles. The van der Waals surface area contributed by atoms with E-state index in [4.69, 9.17) is 14.5 Å². The van der Waals surface area contributed by atoms with Gasteiger partial charge in [0.2, 0.25) is 11.8 Å². The van der Waals surface area contributed by atoms with Crippen molar-refractivity contribution in [3.05, 3.63) is 83.6 Å². The Hall–Kier alpha value is -6.32. The molecule has 6 unspecified atom stereocenters. The van der Waals surface area contributed by atoms with Crippen molar-refractivity contribution < 1.29 is 37.4 Å². The summed E-state index contributed by atoms with van der Waals surface area (Å²) >= 11 is 0. The average molecular weight is 847 g/mol. The zero-order chi connectivity index (χ0) is 43.2. The molecule has 1 spiro atoms. The number of aromatic amines is 2. The number of carbonyl (C=O) groups excluding carboxylic acids is 4. The number of carbonyl (C=O) groups is 4. The Morgan fingerprint density at radius 2 is 1.55 bits per heavy atom. The lowest BCUT2D eigenvalue weighted by molar-refractivity contribution is -0.137. The predicted molar refractivity (Wildman–Crippen MR) is 224 cm³/mol. The van der Waals surface area contributed by atoms with Gasteiger partial charge in [-0.25, -0.2) is 19.6 Å². The molecular formula is C46H48F2N8O6. The van der Waals surface area contributed by atoms with Crippen LogP contribution in [0.15, 0.2) is 60.8 Å². The number of nitrogens with zero attached hydrogens (tertiary/aromatic N) is 4. The van der Waals surface area contributed by atoms with Crippen molar-refractivity contribution in [2.75, 3.05) is 20.8 Å². The molecule has 2 bridgehead atoms. The fourth-order valence-electron chi connectivity index (χ4n) is 10.6. The maximum atomic E-state index is 16.6. The van der Waals surface area contributed by atoms with Crippen LogP contribution < -0.4 is 10.6 Å². The lowest BCUT2D eigenvalue weighted by Crippen LogP contribution is -2.50. The number of hydrogen-bond donors (Lipinski definition) is 4. The molecule has 4 heterocycles. The molecule has 0 radical (unpaired) electrons. The van der Waals surface area contributed by atoms with Crippen molar-refractivity contribution in [3.8, 4) is 33.5 Å². The first-order chi connectivity index (χ1) is 29.8. The van der Waals surface area contributed by atoms with Gasteiger partial charge in [-0.05, 0) is 110 Å². The molecule has 2 aromatic heterocycles. The van der Waals surface area contributed by atoms with Gasteiger partial charge in [-0.15, -0.1) is 0 Å². The number of aromatic nitrogens is 4. The third kappa shape index (κ3) is 6.48. The standard InChI is InChI=1S/C46H48F2N8O6/c1-5-33(54-44(60)62-4)42(58)55-22-45(14-15-45)20-37(55)39-49-21-36(53-39)26-8-12-30-29-11-7-24(17-31(29)46(47,48)32(30)18-26)25-9-13-34-35(19-25)52-40(51-34)38-27-6-10-28(16-27)56(38)41(57)23(2)50-43(59)61-3/h7-9,11-13,17-19,21,23,27-28,33,37-38H,5-6,10,14-16,20,22H2,1-4H3,(H,49,53)(H,50,59)(H,51,52)(H,54,60). The number of alkyl halides is 2. The molecule has 5 aromatic rings. The number of H-pyrrole nitrogens is 2. The molecule has 4 amide bonds. The number of hydrogen-bond acceptors (Lipinski definition) is 8. The van der Waals surface area contributed by atoms with Crippen molar-refractivity contribution in [2.45, 2.75) is 94.9 Å². The highest BCUT2D eigenvalue weighted by Gasteiger charge is 2.55. The summed E-state index contributed by atoms with van der Waals surface area (Å²) < 4.78 is 42.6. The molecule has 4 fully saturated rings. The normalized spacial score (nSPS) is 23.3. The molecule has 2 saturated heterocycles. The SMILES string of the molecule is CCC(NC(=O)OC)C(=O)N1CC2(CC2)CC1c1ncc(-c2ccc3c(c2)C(F)(F)c2cc(-c4ccc5nc(C6C7CCC(C7)N6C(=O)C(C)NC(=O)OC)[nH]c5c4)ccc2-3)[nH]1. The number of likely N-dealkylation sites (tertiary alicyclic amines) is 2. The minimum absolute atomic E-state index is 0.0222.